The van der Waals surface area contributed by atoms with Crippen LogP contribution < -0.4 is 0 Å². The molecule has 0 aromatic heterocycles. The van der Waals surface area contributed by atoms with Crippen LogP contribution in [0.5, 0.6) is 0 Å². The average Bonchev–Trinajstić information content (AvgIpc) is 2.46. The minimum atomic E-state index is -0.266. The second kappa shape index (κ2) is 5.91. The molecule has 2 aromatic carbocycles. The van der Waals surface area contributed by atoms with Crippen molar-refractivity contribution in [1.29, 1.82) is 0 Å². The van der Waals surface area contributed by atoms with Crippen LogP contribution in [-0.4, -0.2) is 12.6 Å². The third kappa shape index (κ3) is 3.47. The number of ether oxygens (including phenoxy) is 1. The van der Waals surface area contributed by atoms with E-state index in [9.17, 15) is 4.79 Å². The summed E-state index contributed by atoms with van der Waals surface area (Å²) in [6.45, 7) is 6.48. The van der Waals surface area contributed by atoms with Crippen LogP contribution in [0.3, 0.4) is 0 Å². The zero-order valence-corrected chi connectivity index (χ0v) is 12.2. The topological polar surface area (TPSA) is 26.3 Å². The molecule has 0 heterocycles. The monoisotopic (exact) mass is 268 g/mol. The summed E-state index contributed by atoms with van der Waals surface area (Å²) >= 11 is 0. The molecule has 0 amide bonds. The van der Waals surface area contributed by atoms with Crippen LogP contribution in [0.25, 0.3) is 0 Å². The van der Waals surface area contributed by atoms with E-state index in [0.29, 0.717) is 12.2 Å². The van der Waals surface area contributed by atoms with E-state index < -0.39 is 0 Å². The van der Waals surface area contributed by atoms with E-state index >= 15 is 0 Å². The second-order valence-electron chi connectivity index (χ2n) is 5.70. The maximum absolute atomic E-state index is 12.1. The van der Waals surface area contributed by atoms with Crippen molar-refractivity contribution in [2.45, 2.75) is 26.2 Å². The molecule has 0 saturated heterocycles. The Morgan fingerprint density at radius 1 is 1.05 bits per heavy atom. The molecule has 2 aromatic rings. The Morgan fingerprint density at radius 3 is 2.40 bits per heavy atom. The average molecular weight is 268 g/mol. The van der Waals surface area contributed by atoms with Crippen LogP contribution in [0.1, 0.15) is 35.3 Å². The lowest BCUT2D eigenvalue weighted by molar-refractivity contribution is 0.0427. The number of hydrogen-bond acceptors (Lipinski definition) is 2. The summed E-state index contributed by atoms with van der Waals surface area (Å²) in [4.78, 5) is 12.1. The molecule has 0 N–H and O–H groups in total. The number of rotatable bonds is 4. The quantitative estimate of drug-likeness (QED) is 0.779. The molecule has 2 nitrogen and oxygen atoms in total. The third-order valence-electron chi connectivity index (χ3n) is 3.37. The van der Waals surface area contributed by atoms with Gasteiger partial charge in [-0.15, -0.1) is 0 Å². The van der Waals surface area contributed by atoms with Gasteiger partial charge in [-0.2, -0.15) is 0 Å². The summed E-state index contributed by atoms with van der Waals surface area (Å²) in [7, 11) is 0. The van der Waals surface area contributed by atoms with Crippen molar-refractivity contribution in [3.05, 3.63) is 71.3 Å². The van der Waals surface area contributed by atoms with Crippen LogP contribution in [0.2, 0.25) is 0 Å². The number of carbonyl (C=O) groups is 1. The van der Waals surface area contributed by atoms with Gasteiger partial charge in [0.15, 0.2) is 0 Å². The van der Waals surface area contributed by atoms with E-state index in [1.165, 1.54) is 0 Å². The molecular formula is C18H20O2. The number of hydrogen-bond donors (Lipinski definition) is 0. The van der Waals surface area contributed by atoms with Crippen LogP contribution >= 0.6 is 0 Å². The van der Waals surface area contributed by atoms with Gasteiger partial charge in [-0.25, -0.2) is 4.79 Å². The smallest absolute Gasteiger partial charge is 0.338 e. The lowest BCUT2D eigenvalue weighted by Gasteiger charge is -2.24. The maximum atomic E-state index is 12.1. The fourth-order valence-electron chi connectivity index (χ4n) is 2.07. The minimum absolute atomic E-state index is 0.194. The molecule has 20 heavy (non-hydrogen) atoms. The SMILES string of the molecule is Cc1cccc(C(=O)OCC(C)(C)c2ccccc2)c1. The van der Waals surface area contributed by atoms with Crippen molar-refractivity contribution in [3.8, 4) is 0 Å². The summed E-state index contributed by atoms with van der Waals surface area (Å²) in [6.07, 6.45) is 0. The Balaban J connectivity index is 2.03. The first-order valence-corrected chi connectivity index (χ1v) is 6.78. The van der Waals surface area contributed by atoms with E-state index in [2.05, 4.69) is 26.0 Å². The summed E-state index contributed by atoms with van der Waals surface area (Å²) < 4.78 is 5.46. The standard InChI is InChI=1S/C18H20O2/c1-14-8-7-9-15(12-14)17(19)20-13-18(2,3)16-10-5-4-6-11-16/h4-12H,13H2,1-3H3. The van der Waals surface area contributed by atoms with Gasteiger partial charge in [0.25, 0.3) is 0 Å². The highest BCUT2D eigenvalue weighted by atomic mass is 16.5. The first-order chi connectivity index (χ1) is 9.49. The molecule has 0 spiro atoms. The summed E-state index contributed by atoms with van der Waals surface area (Å²) in [5.41, 5.74) is 2.63. The largest absolute Gasteiger partial charge is 0.461 e. The molecule has 0 atom stereocenters. The van der Waals surface area contributed by atoms with Gasteiger partial charge in [0.1, 0.15) is 6.61 Å². The van der Waals surface area contributed by atoms with Crippen molar-refractivity contribution in [3.63, 3.8) is 0 Å². The molecule has 0 saturated carbocycles. The second-order valence-corrected chi connectivity index (χ2v) is 5.70. The van der Waals surface area contributed by atoms with Gasteiger partial charge in [0.05, 0.1) is 5.56 Å². The Bertz CT molecular complexity index is 585. The van der Waals surface area contributed by atoms with E-state index in [-0.39, 0.29) is 11.4 Å². The molecule has 0 unspecified atom stereocenters. The van der Waals surface area contributed by atoms with Crippen LogP contribution in [0.15, 0.2) is 54.6 Å². The lowest BCUT2D eigenvalue weighted by atomic mass is 9.86. The van der Waals surface area contributed by atoms with Gasteiger partial charge in [-0.3, -0.25) is 0 Å². The molecule has 0 aliphatic carbocycles. The zero-order valence-electron chi connectivity index (χ0n) is 12.2. The summed E-state index contributed by atoms with van der Waals surface area (Å²) in [5.74, 6) is -0.266. The molecule has 0 aliphatic heterocycles. The molecule has 0 aliphatic rings. The van der Waals surface area contributed by atoms with Gasteiger partial charge in [0.2, 0.25) is 0 Å². The maximum Gasteiger partial charge on any atom is 0.338 e. The molecule has 2 rings (SSSR count). The van der Waals surface area contributed by atoms with Crippen molar-refractivity contribution in [1.82, 2.24) is 0 Å². The number of carbonyl (C=O) groups excluding carboxylic acids is 1. The van der Waals surface area contributed by atoms with Crippen molar-refractivity contribution in [2.75, 3.05) is 6.61 Å². The fraction of sp³-hybridized carbons (Fsp3) is 0.278. The van der Waals surface area contributed by atoms with E-state index in [1.807, 2.05) is 43.3 Å². The van der Waals surface area contributed by atoms with Crippen molar-refractivity contribution < 1.29 is 9.53 Å². The van der Waals surface area contributed by atoms with Crippen molar-refractivity contribution >= 4 is 5.97 Å². The van der Waals surface area contributed by atoms with Gasteiger partial charge < -0.3 is 4.74 Å². The van der Waals surface area contributed by atoms with Crippen molar-refractivity contribution in [2.24, 2.45) is 0 Å². The molecular weight excluding hydrogens is 248 g/mol. The number of benzene rings is 2. The predicted molar refractivity (Wildman–Crippen MR) is 80.9 cm³/mol. The van der Waals surface area contributed by atoms with Gasteiger partial charge in [-0.05, 0) is 24.6 Å². The number of aryl methyl sites for hydroxylation is 1. The summed E-state index contributed by atoms with van der Waals surface area (Å²) in [5, 5.41) is 0. The minimum Gasteiger partial charge on any atom is -0.461 e. The van der Waals surface area contributed by atoms with Gasteiger partial charge in [0, 0.05) is 5.41 Å². The number of esters is 1. The Morgan fingerprint density at radius 2 is 1.75 bits per heavy atom. The van der Waals surface area contributed by atoms with Crippen LogP contribution in [0, 0.1) is 6.92 Å². The predicted octanol–water partition coefficient (Wildman–Crippen LogP) is 4.13. The van der Waals surface area contributed by atoms with Crippen LogP contribution in [-0.2, 0) is 10.2 Å². The van der Waals surface area contributed by atoms with E-state index in [4.69, 9.17) is 4.74 Å². The Kier molecular flexibility index (Phi) is 4.23. The van der Waals surface area contributed by atoms with Gasteiger partial charge in [-0.1, -0.05) is 61.9 Å². The van der Waals surface area contributed by atoms with E-state index in [1.54, 1.807) is 6.07 Å². The third-order valence-corrected chi connectivity index (χ3v) is 3.37. The van der Waals surface area contributed by atoms with Crippen LogP contribution in [0.4, 0.5) is 0 Å². The molecule has 0 radical (unpaired) electrons. The van der Waals surface area contributed by atoms with E-state index in [0.717, 1.165) is 11.1 Å². The zero-order chi connectivity index (χ0) is 14.6. The lowest BCUT2D eigenvalue weighted by Crippen LogP contribution is -2.26. The Hall–Kier alpha value is -2.09. The fourth-order valence-corrected chi connectivity index (χ4v) is 2.07. The van der Waals surface area contributed by atoms with Gasteiger partial charge >= 0.3 is 5.97 Å². The molecule has 0 fully saturated rings. The first-order valence-electron chi connectivity index (χ1n) is 6.78. The highest BCUT2D eigenvalue weighted by molar-refractivity contribution is 5.89. The normalized spacial score (nSPS) is 11.2. The molecule has 2 heteroatoms. The summed E-state index contributed by atoms with van der Waals surface area (Å²) in [6, 6.07) is 17.6. The Labute approximate surface area is 120 Å². The highest BCUT2D eigenvalue weighted by Crippen LogP contribution is 2.23. The first kappa shape index (κ1) is 14.3. The molecule has 104 valence electrons. The highest BCUT2D eigenvalue weighted by Gasteiger charge is 2.22. The molecule has 0 bridgehead atoms.